The number of benzene rings is 4. The molecule has 0 aliphatic carbocycles. The van der Waals surface area contributed by atoms with Crippen LogP contribution in [0.2, 0.25) is 0 Å². The summed E-state index contributed by atoms with van der Waals surface area (Å²) >= 11 is 0. The largest absolute Gasteiger partial charge is 0.386 e. The molecule has 4 aromatic rings. The smallest absolute Gasteiger partial charge is 0.346 e. The average molecular weight is 348 g/mol. The van der Waals surface area contributed by atoms with Crippen molar-refractivity contribution in [2.24, 2.45) is 0 Å². The van der Waals surface area contributed by atoms with Crippen molar-refractivity contribution >= 4 is 33.5 Å². The molecule has 0 N–H and O–H groups in total. The van der Waals surface area contributed by atoms with Gasteiger partial charge in [0.15, 0.2) is 0 Å². The number of hydrogen-bond acceptors (Lipinski definition) is 3. The van der Waals surface area contributed by atoms with E-state index < -0.39 is 11.9 Å². The summed E-state index contributed by atoms with van der Waals surface area (Å²) in [5.41, 5.74) is 2.18. The van der Waals surface area contributed by atoms with Crippen LogP contribution in [0.15, 0.2) is 72.8 Å². The van der Waals surface area contributed by atoms with E-state index in [0.717, 1.165) is 27.1 Å². The van der Waals surface area contributed by atoms with Crippen LogP contribution in [0.1, 0.15) is 31.8 Å². The Morgan fingerprint density at radius 2 is 1.26 bits per heavy atom. The number of hydrogen-bond donors (Lipinski definition) is 0. The number of ether oxygens (including phenoxy) is 1. The highest BCUT2D eigenvalue weighted by atomic mass is 16.6. The second kappa shape index (κ2) is 5.82. The van der Waals surface area contributed by atoms with E-state index in [1.807, 2.05) is 24.3 Å². The van der Waals surface area contributed by atoms with Gasteiger partial charge < -0.3 is 4.74 Å². The van der Waals surface area contributed by atoms with E-state index in [4.69, 9.17) is 0 Å². The molecule has 3 heteroatoms. The third-order valence-corrected chi connectivity index (χ3v) is 4.75. The Morgan fingerprint density at radius 1 is 0.630 bits per heavy atom. The molecule has 27 heavy (non-hydrogen) atoms. The first-order valence-electron chi connectivity index (χ1n) is 8.54. The van der Waals surface area contributed by atoms with Gasteiger partial charge in [-0.15, -0.1) is 0 Å². The first-order valence-corrected chi connectivity index (χ1v) is 8.54. The lowest BCUT2D eigenvalue weighted by molar-refractivity contribution is 0.0444. The second-order valence-electron chi connectivity index (χ2n) is 6.38. The van der Waals surface area contributed by atoms with Gasteiger partial charge in [-0.3, -0.25) is 0 Å². The molecule has 0 spiro atoms. The van der Waals surface area contributed by atoms with Crippen molar-refractivity contribution in [2.45, 2.75) is 0 Å². The van der Waals surface area contributed by atoms with Gasteiger partial charge >= 0.3 is 11.9 Å². The Bertz CT molecular complexity index is 1280. The van der Waals surface area contributed by atoms with Gasteiger partial charge in [0.2, 0.25) is 0 Å². The van der Waals surface area contributed by atoms with E-state index in [9.17, 15) is 9.59 Å². The van der Waals surface area contributed by atoms with Gasteiger partial charge in [0.05, 0.1) is 11.1 Å². The summed E-state index contributed by atoms with van der Waals surface area (Å²) in [6.07, 6.45) is 0. The molecule has 0 saturated heterocycles. The number of carbonyl (C=O) groups excluding carboxylic acids is 2. The molecular weight excluding hydrogens is 336 g/mol. The molecule has 0 fully saturated rings. The second-order valence-corrected chi connectivity index (χ2v) is 6.38. The van der Waals surface area contributed by atoms with Crippen LogP contribution in [-0.4, -0.2) is 11.9 Å². The van der Waals surface area contributed by atoms with Crippen molar-refractivity contribution in [1.29, 1.82) is 0 Å². The minimum absolute atomic E-state index is 0.273. The Labute approximate surface area is 155 Å². The van der Waals surface area contributed by atoms with Crippen LogP contribution < -0.4 is 0 Å². The fourth-order valence-electron chi connectivity index (χ4n) is 3.45. The summed E-state index contributed by atoms with van der Waals surface area (Å²) in [5, 5.41) is 4.42. The highest BCUT2D eigenvalue weighted by Crippen LogP contribution is 2.28. The molecule has 1 aliphatic rings. The molecule has 3 nitrogen and oxygen atoms in total. The minimum atomic E-state index is -0.616. The summed E-state index contributed by atoms with van der Waals surface area (Å²) in [7, 11) is 0. The van der Waals surface area contributed by atoms with Crippen LogP contribution in [0.5, 0.6) is 0 Å². The van der Waals surface area contributed by atoms with E-state index in [-0.39, 0.29) is 5.56 Å². The Balaban J connectivity index is 1.71. The van der Waals surface area contributed by atoms with Crippen molar-refractivity contribution in [3.8, 4) is 11.8 Å². The highest BCUT2D eigenvalue weighted by molar-refractivity contribution is 6.14. The normalized spacial score (nSPS) is 12.6. The lowest BCUT2D eigenvalue weighted by Gasteiger charge is -2.06. The van der Waals surface area contributed by atoms with Gasteiger partial charge in [-0.2, -0.15) is 0 Å². The molecule has 126 valence electrons. The predicted molar refractivity (Wildman–Crippen MR) is 104 cm³/mol. The van der Waals surface area contributed by atoms with Crippen molar-refractivity contribution < 1.29 is 14.3 Å². The summed E-state index contributed by atoms with van der Waals surface area (Å²) in [6, 6.07) is 23.4. The van der Waals surface area contributed by atoms with Gasteiger partial charge in [-0.1, -0.05) is 60.4 Å². The molecule has 0 saturated carbocycles. The van der Waals surface area contributed by atoms with Gasteiger partial charge in [-0.05, 0) is 45.8 Å². The molecule has 1 heterocycles. The summed E-state index contributed by atoms with van der Waals surface area (Å²) in [4.78, 5) is 23.3. The van der Waals surface area contributed by atoms with Crippen LogP contribution in [-0.2, 0) is 4.74 Å². The number of carbonyl (C=O) groups is 2. The first-order chi connectivity index (χ1) is 13.2. The van der Waals surface area contributed by atoms with Gasteiger partial charge in [0.1, 0.15) is 0 Å². The molecule has 0 bridgehead atoms. The van der Waals surface area contributed by atoms with E-state index in [2.05, 4.69) is 46.9 Å². The number of cyclic esters (lactones) is 2. The zero-order valence-electron chi connectivity index (χ0n) is 14.2. The fourth-order valence-corrected chi connectivity index (χ4v) is 3.45. The third-order valence-electron chi connectivity index (χ3n) is 4.75. The molecule has 0 atom stereocenters. The maximum atomic E-state index is 11.8. The maximum absolute atomic E-state index is 11.8. The summed E-state index contributed by atoms with van der Waals surface area (Å²) < 4.78 is 4.64. The Morgan fingerprint density at radius 3 is 1.96 bits per heavy atom. The number of fused-ring (bicyclic) bond motifs is 3. The van der Waals surface area contributed by atoms with Crippen LogP contribution in [0.4, 0.5) is 0 Å². The Kier molecular flexibility index (Phi) is 3.31. The van der Waals surface area contributed by atoms with E-state index in [0.29, 0.717) is 11.1 Å². The highest BCUT2D eigenvalue weighted by Gasteiger charge is 2.29. The van der Waals surface area contributed by atoms with Crippen molar-refractivity contribution in [2.75, 3.05) is 0 Å². The minimum Gasteiger partial charge on any atom is -0.386 e. The molecule has 0 radical (unpaired) electrons. The van der Waals surface area contributed by atoms with Crippen LogP contribution in [0.25, 0.3) is 21.5 Å². The third kappa shape index (κ3) is 2.47. The van der Waals surface area contributed by atoms with Crippen LogP contribution in [0, 0.1) is 11.8 Å². The van der Waals surface area contributed by atoms with E-state index >= 15 is 0 Å². The summed E-state index contributed by atoms with van der Waals surface area (Å²) in [5.74, 6) is 5.20. The zero-order chi connectivity index (χ0) is 18.4. The molecule has 1 aliphatic heterocycles. The molecule has 0 amide bonds. The van der Waals surface area contributed by atoms with E-state index in [1.165, 1.54) is 0 Å². The monoisotopic (exact) mass is 348 g/mol. The molecule has 5 rings (SSSR count). The molecular formula is C24H12O3. The zero-order valence-corrected chi connectivity index (χ0v) is 14.2. The van der Waals surface area contributed by atoms with Crippen LogP contribution >= 0.6 is 0 Å². The topological polar surface area (TPSA) is 43.4 Å². The summed E-state index contributed by atoms with van der Waals surface area (Å²) in [6.45, 7) is 0. The number of rotatable bonds is 0. The number of esters is 2. The predicted octanol–water partition coefficient (Wildman–Crippen LogP) is 4.70. The van der Waals surface area contributed by atoms with Crippen molar-refractivity contribution in [1.82, 2.24) is 0 Å². The quantitative estimate of drug-likeness (QED) is 0.200. The standard InChI is InChI=1S/C24H12O3/c25-23-21-12-10-15(13-22(21)24(26)27-23)9-11-20-18-7-3-1-5-16(18)14-17-6-2-4-8-19(17)20/h1-8,10,12-14H. The molecule has 0 unspecified atom stereocenters. The van der Waals surface area contributed by atoms with Crippen molar-refractivity contribution in [3.05, 3.63) is 95.1 Å². The Hall–Kier alpha value is -3.90. The van der Waals surface area contributed by atoms with Gasteiger partial charge in [-0.25, -0.2) is 9.59 Å². The molecule has 0 aromatic heterocycles. The van der Waals surface area contributed by atoms with Gasteiger partial charge in [0.25, 0.3) is 0 Å². The average Bonchev–Trinajstić information content (AvgIpc) is 2.98. The van der Waals surface area contributed by atoms with Crippen molar-refractivity contribution in [3.63, 3.8) is 0 Å². The lowest BCUT2D eigenvalue weighted by Crippen LogP contribution is -1.96. The first kappa shape index (κ1) is 15.4. The van der Waals surface area contributed by atoms with E-state index in [1.54, 1.807) is 18.2 Å². The molecule has 4 aromatic carbocycles. The lowest BCUT2D eigenvalue weighted by atomic mass is 9.96. The van der Waals surface area contributed by atoms with Gasteiger partial charge in [0, 0.05) is 11.1 Å². The SMILES string of the molecule is O=C1OC(=O)c2cc(C#Cc3c4ccccc4cc4ccccc34)ccc21. The fraction of sp³-hybridized carbons (Fsp3) is 0. The maximum Gasteiger partial charge on any atom is 0.346 e. The van der Waals surface area contributed by atoms with Crippen LogP contribution in [0.3, 0.4) is 0 Å².